The van der Waals surface area contributed by atoms with Crippen LogP contribution in [0.4, 0.5) is 0 Å². The van der Waals surface area contributed by atoms with Crippen molar-refractivity contribution in [2.75, 3.05) is 0 Å². The second kappa shape index (κ2) is 3.17. The average molecular weight is 312 g/mol. The highest BCUT2D eigenvalue weighted by atomic mass is 127. The Hall–Kier alpha value is 0.360. The molecule has 0 N–H and O–H groups in total. The molecule has 0 saturated carbocycles. The summed E-state index contributed by atoms with van der Waals surface area (Å²) in [6.45, 7) is 4.08. The molecular formula is C7H7BrIN. The normalized spacial score (nSPS) is 10.0. The van der Waals surface area contributed by atoms with Gasteiger partial charge in [0.25, 0.3) is 0 Å². The molecule has 10 heavy (non-hydrogen) atoms. The monoisotopic (exact) mass is 311 g/mol. The Morgan fingerprint density at radius 3 is 2.60 bits per heavy atom. The molecular weight excluding hydrogens is 305 g/mol. The van der Waals surface area contributed by atoms with E-state index in [4.69, 9.17) is 0 Å². The number of halogens is 2. The van der Waals surface area contributed by atoms with Crippen molar-refractivity contribution < 1.29 is 0 Å². The summed E-state index contributed by atoms with van der Waals surface area (Å²) in [5.74, 6) is 0. The second-order valence-corrected chi connectivity index (χ2v) is 4.09. The lowest BCUT2D eigenvalue weighted by Crippen LogP contribution is -1.89. The van der Waals surface area contributed by atoms with Crippen LogP contribution < -0.4 is 0 Å². The fourth-order valence-electron chi connectivity index (χ4n) is 0.683. The van der Waals surface area contributed by atoms with E-state index in [-0.39, 0.29) is 0 Å². The molecule has 0 radical (unpaired) electrons. The predicted octanol–water partition coefficient (Wildman–Crippen LogP) is 3.07. The highest BCUT2D eigenvalue weighted by Gasteiger charge is 2.01. The minimum atomic E-state index is 1.05. The molecule has 0 atom stereocenters. The summed E-state index contributed by atoms with van der Waals surface area (Å²) in [5, 5.41) is 0. The molecule has 0 saturated heterocycles. The molecule has 1 aromatic heterocycles. The molecule has 0 spiro atoms. The first kappa shape index (κ1) is 8.46. The fraction of sp³-hybridized carbons (Fsp3) is 0.286. The van der Waals surface area contributed by atoms with Gasteiger partial charge in [0.15, 0.2) is 0 Å². The number of hydrogen-bond donors (Lipinski definition) is 0. The van der Waals surface area contributed by atoms with Gasteiger partial charge in [0, 0.05) is 14.2 Å². The molecule has 1 aromatic rings. The van der Waals surface area contributed by atoms with Gasteiger partial charge in [-0.05, 0) is 57.9 Å². The second-order valence-electron chi connectivity index (χ2n) is 2.13. The predicted molar refractivity (Wildman–Crippen MR) is 54.1 cm³/mol. The van der Waals surface area contributed by atoms with E-state index in [1.807, 2.05) is 13.1 Å². The van der Waals surface area contributed by atoms with Crippen molar-refractivity contribution in [3.8, 4) is 0 Å². The zero-order chi connectivity index (χ0) is 7.72. The zero-order valence-corrected chi connectivity index (χ0v) is 9.52. The molecule has 3 heteroatoms. The largest absolute Gasteiger partial charge is 0.259 e. The molecule has 1 heterocycles. The summed E-state index contributed by atoms with van der Waals surface area (Å²) < 4.78 is 2.33. The number of rotatable bonds is 0. The fourth-order valence-corrected chi connectivity index (χ4v) is 1.78. The minimum absolute atomic E-state index is 1.05. The lowest BCUT2D eigenvalue weighted by atomic mass is 10.2. The summed E-state index contributed by atoms with van der Waals surface area (Å²) in [6, 6.07) is 0. The third kappa shape index (κ3) is 1.50. The van der Waals surface area contributed by atoms with Gasteiger partial charge in [-0.25, -0.2) is 0 Å². The quantitative estimate of drug-likeness (QED) is 0.671. The standard InChI is InChI=1S/C7H7BrIN/c1-4-6(9)3-10-5(2)7(4)8/h3H,1-2H3. The van der Waals surface area contributed by atoms with Gasteiger partial charge in [-0.1, -0.05) is 0 Å². The topological polar surface area (TPSA) is 12.9 Å². The van der Waals surface area contributed by atoms with Gasteiger partial charge in [-0.2, -0.15) is 0 Å². The highest BCUT2D eigenvalue weighted by molar-refractivity contribution is 14.1. The summed E-state index contributed by atoms with van der Waals surface area (Å²) in [7, 11) is 0. The van der Waals surface area contributed by atoms with E-state index in [0.717, 1.165) is 10.2 Å². The third-order valence-corrected chi connectivity index (χ3v) is 3.63. The van der Waals surface area contributed by atoms with Crippen molar-refractivity contribution in [1.82, 2.24) is 4.98 Å². The maximum absolute atomic E-state index is 4.18. The van der Waals surface area contributed by atoms with Gasteiger partial charge in [0.2, 0.25) is 0 Å². The van der Waals surface area contributed by atoms with Crippen LogP contribution in [0.1, 0.15) is 11.3 Å². The van der Waals surface area contributed by atoms with Gasteiger partial charge in [-0.15, -0.1) is 0 Å². The lowest BCUT2D eigenvalue weighted by Gasteiger charge is -2.02. The molecule has 0 aliphatic rings. The number of pyridine rings is 1. The molecule has 0 aliphatic carbocycles. The number of nitrogens with zero attached hydrogens (tertiary/aromatic N) is 1. The van der Waals surface area contributed by atoms with Gasteiger partial charge in [0.05, 0.1) is 5.69 Å². The highest BCUT2D eigenvalue weighted by Crippen LogP contribution is 2.22. The Labute approximate surface area is 82.5 Å². The van der Waals surface area contributed by atoms with Crippen LogP contribution in [0.3, 0.4) is 0 Å². The molecule has 0 amide bonds. The van der Waals surface area contributed by atoms with E-state index < -0.39 is 0 Å². The van der Waals surface area contributed by atoms with Crippen LogP contribution in [-0.4, -0.2) is 4.98 Å². The minimum Gasteiger partial charge on any atom is -0.259 e. The molecule has 1 rings (SSSR count). The van der Waals surface area contributed by atoms with Gasteiger partial charge < -0.3 is 0 Å². The van der Waals surface area contributed by atoms with E-state index in [2.05, 4.69) is 50.4 Å². The number of hydrogen-bond acceptors (Lipinski definition) is 1. The van der Waals surface area contributed by atoms with Crippen molar-refractivity contribution in [3.05, 3.63) is 25.5 Å². The van der Waals surface area contributed by atoms with Crippen LogP contribution in [0.15, 0.2) is 10.7 Å². The lowest BCUT2D eigenvalue weighted by molar-refractivity contribution is 1.14. The third-order valence-electron chi connectivity index (χ3n) is 1.38. The summed E-state index contributed by atoms with van der Waals surface area (Å²) in [5.41, 5.74) is 2.33. The molecule has 0 unspecified atom stereocenters. The van der Waals surface area contributed by atoms with Crippen LogP contribution in [0.5, 0.6) is 0 Å². The first-order valence-corrected chi connectivity index (χ1v) is 4.77. The maximum Gasteiger partial charge on any atom is 0.0518 e. The van der Waals surface area contributed by atoms with Gasteiger partial charge in [0.1, 0.15) is 0 Å². The van der Waals surface area contributed by atoms with Crippen molar-refractivity contribution in [3.63, 3.8) is 0 Å². The first-order valence-electron chi connectivity index (χ1n) is 2.90. The Morgan fingerprint density at radius 2 is 2.10 bits per heavy atom. The summed E-state index contributed by atoms with van der Waals surface area (Å²) in [6.07, 6.45) is 1.88. The Bertz CT molecular complexity index is 233. The molecule has 0 bridgehead atoms. The van der Waals surface area contributed by atoms with Crippen LogP contribution in [0, 0.1) is 17.4 Å². The molecule has 1 nitrogen and oxygen atoms in total. The van der Waals surface area contributed by atoms with Crippen molar-refractivity contribution >= 4 is 38.5 Å². The zero-order valence-electron chi connectivity index (χ0n) is 5.78. The number of aromatic nitrogens is 1. The van der Waals surface area contributed by atoms with Crippen LogP contribution >= 0.6 is 38.5 Å². The Morgan fingerprint density at radius 1 is 1.50 bits per heavy atom. The molecule has 0 aliphatic heterocycles. The van der Waals surface area contributed by atoms with E-state index in [1.165, 1.54) is 9.13 Å². The maximum atomic E-state index is 4.18. The molecule has 0 aromatic carbocycles. The van der Waals surface area contributed by atoms with Crippen molar-refractivity contribution in [2.45, 2.75) is 13.8 Å². The van der Waals surface area contributed by atoms with E-state index in [0.29, 0.717) is 0 Å². The Balaban J connectivity index is 3.34. The Kier molecular flexibility index (Phi) is 2.68. The van der Waals surface area contributed by atoms with Gasteiger partial charge >= 0.3 is 0 Å². The van der Waals surface area contributed by atoms with Gasteiger partial charge in [-0.3, -0.25) is 4.98 Å². The SMILES string of the molecule is Cc1ncc(I)c(C)c1Br. The molecule has 54 valence electrons. The average Bonchev–Trinajstić information content (AvgIpc) is 1.93. The number of aryl methyl sites for hydroxylation is 1. The van der Waals surface area contributed by atoms with E-state index in [1.54, 1.807) is 0 Å². The molecule has 0 fully saturated rings. The van der Waals surface area contributed by atoms with Crippen LogP contribution in [-0.2, 0) is 0 Å². The first-order chi connectivity index (χ1) is 4.63. The van der Waals surface area contributed by atoms with E-state index >= 15 is 0 Å². The summed E-state index contributed by atoms with van der Waals surface area (Å²) in [4.78, 5) is 4.18. The summed E-state index contributed by atoms with van der Waals surface area (Å²) >= 11 is 5.74. The smallest absolute Gasteiger partial charge is 0.0518 e. The van der Waals surface area contributed by atoms with Crippen LogP contribution in [0.2, 0.25) is 0 Å². The van der Waals surface area contributed by atoms with Crippen molar-refractivity contribution in [1.29, 1.82) is 0 Å². The van der Waals surface area contributed by atoms with Crippen LogP contribution in [0.25, 0.3) is 0 Å². The van der Waals surface area contributed by atoms with Crippen molar-refractivity contribution in [2.24, 2.45) is 0 Å². The van der Waals surface area contributed by atoms with E-state index in [9.17, 15) is 0 Å².